The van der Waals surface area contributed by atoms with E-state index in [2.05, 4.69) is 10.5 Å². The first kappa shape index (κ1) is 27.5. The first-order chi connectivity index (χ1) is 17.7. The molecule has 200 valence electrons. The van der Waals surface area contributed by atoms with Crippen molar-refractivity contribution in [3.05, 3.63) is 68.7 Å². The molecule has 0 amide bonds. The third-order valence-corrected chi connectivity index (χ3v) is 7.50. The minimum atomic E-state index is -4.41. The summed E-state index contributed by atoms with van der Waals surface area (Å²) in [5.74, 6) is -0.902. The summed E-state index contributed by atoms with van der Waals surface area (Å²) in [5.41, 5.74) is 3.83. The normalized spacial score (nSPS) is 17.6. The van der Waals surface area contributed by atoms with Crippen molar-refractivity contribution in [2.45, 2.75) is 83.0 Å². The number of halogens is 4. The highest BCUT2D eigenvalue weighted by atomic mass is 35.5. The Morgan fingerprint density at radius 1 is 1.11 bits per heavy atom. The van der Waals surface area contributed by atoms with Crippen LogP contribution >= 0.6 is 11.6 Å². The Kier molecular flexibility index (Phi) is 9.13. The summed E-state index contributed by atoms with van der Waals surface area (Å²) in [5, 5.41) is 16.7. The maximum atomic E-state index is 13.9. The molecule has 1 saturated carbocycles. The average Bonchev–Trinajstić information content (AvgIpc) is 2.87. The number of carboxylic acid groups (broad SMARTS) is 1. The van der Waals surface area contributed by atoms with Crippen LogP contribution in [-0.2, 0) is 35.4 Å². The second-order valence-corrected chi connectivity index (χ2v) is 10.2. The number of nitrogens with zero attached hydrogens (tertiary/aromatic N) is 1. The highest BCUT2D eigenvalue weighted by molar-refractivity contribution is 6.32. The Morgan fingerprint density at radius 3 is 2.62 bits per heavy atom. The molecule has 9 heteroatoms. The lowest BCUT2D eigenvalue weighted by Gasteiger charge is -2.25. The Balaban J connectivity index is 1.45. The summed E-state index contributed by atoms with van der Waals surface area (Å²) < 4.78 is 41.6. The summed E-state index contributed by atoms with van der Waals surface area (Å²) in [6.45, 7) is 0.758. The van der Waals surface area contributed by atoms with Gasteiger partial charge in [-0.2, -0.15) is 13.2 Å². The van der Waals surface area contributed by atoms with Crippen LogP contribution in [-0.4, -0.2) is 23.3 Å². The van der Waals surface area contributed by atoms with E-state index in [0.29, 0.717) is 35.7 Å². The number of carbonyl (C=O) groups is 1. The van der Waals surface area contributed by atoms with Crippen LogP contribution in [0.2, 0.25) is 5.02 Å². The molecule has 4 rings (SSSR count). The fourth-order valence-electron chi connectivity index (χ4n) is 5.27. The molecule has 5 nitrogen and oxygen atoms in total. The molecule has 2 aliphatic rings. The zero-order valence-electron chi connectivity index (χ0n) is 20.7. The summed E-state index contributed by atoms with van der Waals surface area (Å²) in [7, 11) is 0. The molecule has 0 radical (unpaired) electrons. The van der Waals surface area contributed by atoms with Crippen LogP contribution in [0, 0.1) is 0 Å². The van der Waals surface area contributed by atoms with Crippen LogP contribution < -0.4 is 5.32 Å². The van der Waals surface area contributed by atoms with E-state index < -0.39 is 17.7 Å². The van der Waals surface area contributed by atoms with Crippen molar-refractivity contribution in [1.29, 1.82) is 0 Å². The van der Waals surface area contributed by atoms with Crippen molar-refractivity contribution in [1.82, 2.24) is 5.32 Å². The number of hydrogen-bond donors (Lipinski definition) is 2. The quantitative estimate of drug-likeness (QED) is 0.262. The molecule has 0 saturated heterocycles. The van der Waals surface area contributed by atoms with E-state index >= 15 is 0 Å². The lowest BCUT2D eigenvalue weighted by Crippen LogP contribution is -2.19. The number of rotatable bonds is 9. The first-order valence-electron chi connectivity index (χ1n) is 12.9. The molecular formula is C28H32ClF3N2O3. The Hall–Kier alpha value is -2.58. The molecule has 2 N–H and O–H groups in total. The molecule has 2 aromatic carbocycles. The zero-order valence-corrected chi connectivity index (χ0v) is 21.4. The standard InChI is InChI=1S/C28H32ClF3N2O3/c29-25-15-23-20(14-21(25)16-33-12-11-27(35)36)7-4-8-26(23)34-37-17-18-9-10-22(19-5-2-1-3-6-19)24(13-18)28(30,31)32/h9-10,13-15,19,33H,1-8,11-12,16-17H2,(H,35,36)/b34-26-. The number of aliphatic carboxylic acids is 1. The van der Waals surface area contributed by atoms with Crippen molar-refractivity contribution in [3.8, 4) is 0 Å². The molecule has 0 bridgehead atoms. The van der Waals surface area contributed by atoms with Crippen LogP contribution in [0.4, 0.5) is 13.2 Å². The maximum Gasteiger partial charge on any atom is 0.416 e. The average molecular weight is 537 g/mol. The summed E-state index contributed by atoms with van der Waals surface area (Å²) in [4.78, 5) is 16.2. The van der Waals surface area contributed by atoms with E-state index in [4.69, 9.17) is 21.5 Å². The molecule has 0 spiro atoms. The number of hydrogen-bond acceptors (Lipinski definition) is 4. The van der Waals surface area contributed by atoms with Gasteiger partial charge in [0.15, 0.2) is 0 Å². The Bertz CT molecular complexity index is 1140. The number of fused-ring (bicyclic) bond motifs is 1. The predicted octanol–water partition coefficient (Wildman–Crippen LogP) is 7.23. The summed E-state index contributed by atoms with van der Waals surface area (Å²) in [6.07, 6.45) is 2.67. The minimum absolute atomic E-state index is 0.0322. The lowest BCUT2D eigenvalue weighted by molar-refractivity contribution is -0.139. The molecule has 0 heterocycles. The highest BCUT2D eigenvalue weighted by Gasteiger charge is 2.35. The predicted molar refractivity (Wildman–Crippen MR) is 137 cm³/mol. The Labute approximate surface area is 220 Å². The van der Waals surface area contributed by atoms with E-state index in [9.17, 15) is 18.0 Å². The smallest absolute Gasteiger partial charge is 0.416 e. The first-order valence-corrected chi connectivity index (χ1v) is 13.2. The fraction of sp³-hybridized carbons (Fsp3) is 0.500. The number of carboxylic acids is 1. The van der Waals surface area contributed by atoms with Gasteiger partial charge >= 0.3 is 12.1 Å². The molecule has 2 aliphatic carbocycles. The van der Waals surface area contributed by atoms with Crippen LogP contribution in [0.25, 0.3) is 0 Å². The van der Waals surface area contributed by atoms with Crippen molar-refractivity contribution in [2.24, 2.45) is 5.16 Å². The van der Waals surface area contributed by atoms with Gasteiger partial charge in [-0.25, -0.2) is 0 Å². The molecule has 0 atom stereocenters. The maximum absolute atomic E-state index is 13.9. The van der Waals surface area contributed by atoms with Crippen LogP contribution in [0.1, 0.15) is 90.7 Å². The van der Waals surface area contributed by atoms with Crippen LogP contribution in [0.15, 0.2) is 35.5 Å². The SMILES string of the molecule is O=C(O)CCNCc1cc2c(cc1Cl)/C(=N\OCc1ccc(C3CCCCC3)c(C(F)(F)F)c1)CCC2. The van der Waals surface area contributed by atoms with Gasteiger partial charge < -0.3 is 15.3 Å². The number of nitrogens with one attached hydrogen (secondary N) is 1. The van der Waals surface area contributed by atoms with Gasteiger partial charge in [0.1, 0.15) is 6.61 Å². The van der Waals surface area contributed by atoms with E-state index in [0.717, 1.165) is 67.3 Å². The number of aryl methyl sites for hydroxylation is 1. The molecule has 0 unspecified atom stereocenters. The van der Waals surface area contributed by atoms with E-state index in [1.54, 1.807) is 12.1 Å². The number of oxime groups is 1. The fourth-order valence-corrected chi connectivity index (χ4v) is 5.50. The summed E-state index contributed by atoms with van der Waals surface area (Å²) in [6, 6.07) is 8.38. The van der Waals surface area contributed by atoms with Crippen molar-refractivity contribution >= 4 is 23.3 Å². The van der Waals surface area contributed by atoms with Gasteiger partial charge in [-0.3, -0.25) is 4.79 Å². The molecule has 0 aliphatic heterocycles. The second-order valence-electron chi connectivity index (χ2n) is 9.84. The van der Waals surface area contributed by atoms with Crippen molar-refractivity contribution < 1.29 is 27.9 Å². The van der Waals surface area contributed by atoms with Crippen LogP contribution in [0.3, 0.4) is 0 Å². The van der Waals surface area contributed by atoms with Crippen molar-refractivity contribution in [3.63, 3.8) is 0 Å². The van der Waals surface area contributed by atoms with Gasteiger partial charge in [-0.05, 0) is 72.4 Å². The molecule has 37 heavy (non-hydrogen) atoms. The van der Waals surface area contributed by atoms with Gasteiger partial charge in [-0.15, -0.1) is 0 Å². The van der Waals surface area contributed by atoms with Gasteiger partial charge in [-0.1, -0.05) is 54.2 Å². The monoisotopic (exact) mass is 536 g/mol. The minimum Gasteiger partial charge on any atom is -0.481 e. The van der Waals surface area contributed by atoms with Crippen molar-refractivity contribution in [2.75, 3.05) is 6.54 Å². The van der Waals surface area contributed by atoms with E-state index in [-0.39, 0.29) is 18.9 Å². The largest absolute Gasteiger partial charge is 0.481 e. The molecular weight excluding hydrogens is 505 g/mol. The summed E-state index contributed by atoms with van der Waals surface area (Å²) >= 11 is 6.48. The van der Waals surface area contributed by atoms with E-state index in [1.165, 1.54) is 6.07 Å². The highest BCUT2D eigenvalue weighted by Crippen LogP contribution is 2.41. The third kappa shape index (κ3) is 7.26. The third-order valence-electron chi connectivity index (χ3n) is 7.15. The number of alkyl halides is 3. The number of benzene rings is 2. The molecule has 0 aromatic heterocycles. The van der Waals surface area contributed by atoms with Gasteiger partial charge in [0.25, 0.3) is 0 Å². The Morgan fingerprint density at radius 2 is 1.89 bits per heavy atom. The van der Waals surface area contributed by atoms with E-state index in [1.807, 2.05) is 12.1 Å². The van der Waals surface area contributed by atoms with Gasteiger partial charge in [0, 0.05) is 23.7 Å². The lowest BCUT2D eigenvalue weighted by atomic mass is 9.81. The second kappa shape index (κ2) is 12.3. The van der Waals surface area contributed by atoms with Gasteiger partial charge in [0.05, 0.1) is 17.7 Å². The molecule has 2 aromatic rings. The van der Waals surface area contributed by atoms with Crippen LogP contribution in [0.5, 0.6) is 0 Å². The molecule has 1 fully saturated rings. The zero-order chi connectivity index (χ0) is 26.4. The topological polar surface area (TPSA) is 70.9 Å². The van der Waals surface area contributed by atoms with Gasteiger partial charge in [0.2, 0.25) is 0 Å².